The highest BCUT2D eigenvalue weighted by atomic mass is 35.5. The zero-order valence-corrected chi connectivity index (χ0v) is 18.2. The summed E-state index contributed by atoms with van der Waals surface area (Å²) in [5.41, 5.74) is 6.39. The molecule has 2 rings (SSSR count). The first kappa shape index (κ1) is 24.4. The maximum absolute atomic E-state index is 12.3. The molecule has 0 unspecified atom stereocenters. The zero-order valence-electron chi connectivity index (χ0n) is 16.7. The summed E-state index contributed by atoms with van der Waals surface area (Å²) in [6, 6.07) is 5.40. The SMILES string of the molecule is NCCOCCOCCN1CC(C(=O)NCCCc2ccc(Cl)c(Cl)c2)=C(O)C1=O. The second-order valence-corrected chi connectivity index (χ2v) is 7.49. The van der Waals surface area contributed by atoms with E-state index in [9.17, 15) is 14.7 Å². The molecule has 1 aromatic rings. The van der Waals surface area contributed by atoms with Crippen LogP contribution in [0.5, 0.6) is 0 Å². The van der Waals surface area contributed by atoms with Crippen molar-refractivity contribution in [3.05, 3.63) is 45.1 Å². The normalized spacial score (nSPS) is 14.0. The van der Waals surface area contributed by atoms with Crippen LogP contribution in [0.4, 0.5) is 0 Å². The lowest BCUT2D eigenvalue weighted by molar-refractivity contribution is -0.128. The molecule has 1 aliphatic rings. The Hall–Kier alpha value is -1.84. The number of nitrogens with one attached hydrogen (secondary N) is 1. The number of aryl methyl sites for hydroxylation is 1. The second-order valence-electron chi connectivity index (χ2n) is 6.68. The number of halogens is 2. The summed E-state index contributed by atoms with van der Waals surface area (Å²) < 4.78 is 10.6. The number of carbonyl (C=O) groups excluding carboxylic acids is 2. The maximum atomic E-state index is 12.3. The zero-order chi connectivity index (χ0) is 21.9. The Labute approximate surface area is 185 Å². The molecular formula is C20H27Cl2N3O5. The smallest absolute Gasteiger partial charge is 0.289 e. The van der Waals surface area contributed by atoms with Crippen LogP contribution in [0.3, 0.4) is 0 Å². The molecule has 4 N–H and O–H groups in total. The van der Waals surface area contributed by atoms with Crippen molar-refractivity contribution in [3.63, 3.8) is 0 Å². The van der Waals surface area contributed by atoms with Gasteiger partial charge in [0, 0.05) is 19.6 Å². The summed E-state index contributed by atoms with van der Waals surface area (Å²) in [5.74, 6) is -1.53. The molecule has 0 saturated heterocycles. The molecule has 0 radical (unpaired) electrons. The summed E-state index contributed by atoms with van der Waals surface area (Å²) in [6.07, 6.45) is 1.38. The van der Waals surface area contributed by atoms with E-state index in [-0.39, 0.29) is 25.3 Å². The predicted octanol–water partition coefficient (Wildman–Crippen LogP) is 1.69. The van der Waals surface area contributed by atoms with Crippen LogP contribution in [-0.2, 0) is 25.5 Å². The first-order chi connectivity index (χ1) is 14.4. The van der Waals surface area contributed by atoms with Gasteiger partial charge in [0.05, 0.1) is 48.6 Å². The quantitative estimate of drug-likeness (QED) is 0.386. The molecule has 0 aliphatic carbocycles. The average molecular weight is 460 g/mol. The molecule has 0 aromatic heterocycles. The van der Waals surface area contributed by atoms with Gasteiger partial charge in [0.2, 0.25) is 0 Å². The first-order valence-corrected chi connectivity index (χ1v) is 10.5. The molecule has 1 aromatic carbocycles. The Morgan fingerprint density at radius 1 is 1.17 bits per heavy atom. The lowest BCUT2D eigenvalue weighted by Gasteiger charge is -2.16. The number of nitrogens with zero attached hydrogens (tertiary/aromatic N) is 1. The number of amides is 2. The van der Waals surface area contributed by atoms with Crippen molar-refractivity contribution in [1.29, 1.82) is 0 Å². The third-order valence-electron chi connectivity index (χ3n) is 4.45. The first-order valence-electron chi connectivity index (χ1n) is 9.73. The second kappa shape index (κ2) is 12.8. The van der Waals surface area contributed by atoms with E-state index in [1.807, 2.05) is 6.07 Å². The van der Waals surface area contributed by atoms with Gasteiger partial charge in [-0.3, -0.25) is 9.59 Å². The van der Waals surface area contributed by atoms with E-state index in [2.05, 4.69) is 5.32 Å². The van der Waals surface area contributed by atoms with E-state index in [1.54, 1.807) is 12.1 Å². The fraction of sp³-hybridized carbons (Fsp3) is 0.500. The number of aliphatic hydroxyl groups is 1. The number of aliphatic hydroxyl groups excluding tert-OH is 1. The highest BCUT2D eigenvalue weighted by molar-refractivity contribution is 6.42. The van der Waals surface area contributed by atoms with E-state index in [0.717, 1.165) is 5.56 Å². The molecular weight excluding hydrogens is 433 g/mol. The number of hydrogen-bond donors (Lipinski definition) is 3. The van der Waals surface area contributed by atoms with Crippen LogP contribution in [0.1, 0.15) is 12.0 Å². The van der Waals surface area contributed by atoms with Gasteiger partial charge in [0.15, 0.2) is 5.76 Å². The van der Waals surface area contributed by atoms with Crippen LogP contribution in [0.2, 0.25) is 10.0 Å². The molecule has 0 bridgehead atoms. The molecule has 0 fully saturated rings. The molecule has 2 amide bonds. The molecule has 1 heterocycles. The van der Waals surface area contributed by atoms with Crippen molar-refractivity contribution >= 4 is 35.0 Å². The van der Waals surface area contributed by atoms with Crippen LogP contribution in [0.25, 0.3) is 0 Å². The van der Waals surface area contributed by atoms with Crippen molar-refractivity contribution in [2.24, 2.45) is 5.73 Å². The fourth-order valence-electron chi connectivity index (χ4n) is 2.85. The molecule has 166 valence electrons. The minimum Gasteiger partial charge on any atom is -0.503 e. The molecule has 0 spiro atoms. The summed E-state index contributed by atoms with van der Waals surface area (Å²) in [7, 11) is 0. The Balaban J connectivity index is 1.68. The number of carbonyl (C=O) groups is 2. The van der Waals surface area contributed by atoms with E-state index in [1.165, 1.54) is 4.90 Å². The van der Waals surface area contributed by atoms with Crippen LogP contribution in [0, 0.1) is 0 Å². The lowest BCUT2D eigenvalue weighted by Crippen LogP contribution is -2.33. The molecule has 8 nitrogen and oxygen atoms in total. The Morgan fingerprint density at radius 2 is 1.90 bits per heavy atom. The Kier molecular flexibility index (Phi) is 10.4. The van der Waals surface area contributed by atoms with Gasteiger partial charge < -0.3 is 30.5 Å². The van der Waals surface area contributed by atoms with Crippen molar-refractivity contribution in [2.75, 3.05) is 52.6 Å². The Morgan fingerprint density at radius 3 is 2.60 bits per heavy atom. The average Bonchev–Trinajstić information content (AvgIpc) is 3.01. The number of ether oxygens (including phenoxy) is 2. The minimum absolute atomic E-state index is 0.0519. The van der Waals surface area contributed by atoms with Gasteiger partial charge in [-0.05, 0) is 30.5 Å². The van der Waals surface area contributed by atoms with Gasteiger partial charge in [-0.25, -0.2) is 0 Å². The minimum atomic E-state index is -0.570. The number of hydrogen-bond acceptors (Lipinski definition) is 6. The standard InChI is InChI=1S/C20H27Cl2N3O5/c21-16-4-3-14(12-17(16)22)2-1-6-24-19(27)15-13-25(20(28)18(15)26)7-9-30-11-10-29-8-5-23/h3-4,12,26H,1-2,5-11,13,23H2,(H,24,27). The van der Waals surface area contributed by atoms with Crippen LogP contribution >= 0.6 is 23.2 Å². The number of nitrogens with two attached hydrogens (primary N) is 1. The lowest BCUT2D eigenvalue weighted by atomic mass is 10.1. The third-order valence-corrected chi connectivity index (χ3v) is 5.19. The summed E-state index contributed by atoms with van der Waals surface area (Å²) in [4.78, 5) is 25.8. The van der Waals surface area contributed by atoms with Gasteiger partial charge in [0.25, 0.3) is 11.8 Å². The summed E-state index contributed by atoms with van der Waals surface area (Å²) >= 11 is 11.9. The monoisotopic (exact) mass is 459 g/mol. The highest BCUT2D eigenvalue weighted by Crippen LogP contribution is 2.23. The van der Waals surface area contributed by atoms with E-state index in [0.29, 0.717) is 55.8 Å². The number of benzene rings is 1. The predicted molar refractivity (Wildman–Crippen MR) is 115 cm³/mol. The third kappa shape index (κ3) is 7.45. The molecule has 1 aliphatic heterocycles. The van der Waals surface area contributed by atoms with Crippen molar-refractivity contribution < 1.29 is 24.2 Å². The van der Waals surface area contributed by atoms with Gasteiger partial charge >= 0.3 is 0 Å². The van der Waals surface area contributed by atoms with Crippen molar-refractivity contribution in [1.82, 2.24) is 10.2 Å². The topological polar surface area (TPSA) is 114 Å². The van der Waals surface area contributed by atoms with E-state index < -0.39 is 17.6 Å². The highest BCUT2D eigenvalue weighted by Gasteiger charge is 2.33. The van der Waals surface area contributed by atoms with Gasteiger partial charge in [-0.15, -0.1) is 0 Å². The van der Waals surface area contributed by atoms with E-state index >= 15 is 0 Å². The summed E-state index contributed by atoms with van der Waals surface area (Å²) in [5, 5.41) is 13.7. The van der Waals surface area contributed by atoms with Crippen LogP contribution < -0.4 is 11.1 Å². The summed E-state index contributed by atoms with van der Waals surface area (Å²) in [6.45, 7) is 2.73. The van der Waals surface area contributed by atoms with Gasteiger partial charge in [-0.1, -0.05) is 29.3 Å². The molecule has 0 atom stereocenters. The van der Waals surface area contributed by atoms with Crippen LogP contribution in [0.15, 0.2) is 29.5 Å². The maximum Gasteiger partial charge on any atom is 0.289 e. The fourth-order valence-corrected chi connectivity index (χ4v) is 3.17. The molecule has 10 heteroatoms. The number of rotatable bonds is 13. The van der Waals surface area contributed by atoms with Crippen molar-refractivity contribution in [3.8, 4) is 0 Å². The van der Waals surface area contributed by atoms with E-state index in [4.69, 9.17) is 38.4 Å². The Bertz CT molecular complexity index is 773. The molecule has 30 heavy (non-hydrogen) atoms. The largest absolute Gasteiger partial charge is 0.503 e. The molecule has 0 saturated carbocycles. The van der Waals surface area contributed by atoms with Crippen molar-refractivity contribution in [2.45, 2.75) is 12.8 Å². The van der Waals surface area contributed by atoms with Gasteiger partial charge in [-0.2, -0.15) is 0 Å². The van der Waals surface area contributed by atoms with Gasteiger partial charge in [0.1, 0.15) is 0 Å². The van der Waals surface area contributed by atoms with Crippen LogP contribution in [-0.4, -0.2) is 74.4 Å².